The lowest BCUT2D eigenvalue weighted by Gasteiger charge is -2.09. The van der Waals surface area contributed by atoms with Crippen LogP contribution in [-0.4, -0.2) is 9.97 Å². The lowest BCUT2D eigenvalue weighted by molar-refractivity contribution is 1.14. The Morgan fingerprint density at radius 3 is 2.65 bits per heavy atom. The number of nitrogens with two attached hydrogens (primary N) is 1. The molecule has 0 fully saturated rings. The summed E-state index contributed by atoms with van der Waals surface area (Å²) in [6.07, 6.45) is 0. The van der Waals surface area contributed by atoms with Gasteiger partial charge in [0.15, 0.2) is 0 Å². The largest absolute Gasteiger partial charge is 0.383 e. The number of aromatic nitrogens is 2. The number of nitrogens with one attached hydrogen (secondary N) is 1. The molecular weight excluding hydrogens is 280 g/mol. The predicted octanol–water partition coefficient (Wildman–Crippen LogP) is 3.18. The van der Waals surface area contributed by atoms with Gasteiger partial charge in [-0.2, -0.15) is 4.98 Å². The molecule has 0 atom stereocenters. The maximum absolute atomic E-state index is 5.66. The fourth-order valence-corrected chi connectivity index (χ4v) is 1.88. The van der Waals surface area contributed by atoms with Gasteiger partial charge in [-0.05, 0) is 47.0 Å². The molecule has 0 spiro atoms. The third-order valence-electron chi connectivity index (χ3n) is 2.35. The summed E-state index contributed by atoms with van der Waals surface area (Å²) in [6.45, 7) is 4.07. The van der Waals surface area contributed by atoms with E-state index in [9.17, 15) is 0 Å². The molecule has 4 nitrogen and oxygen atoms in total. The van der Waals surface area contributed by atoms with Crippen LogP contribution in [0.25, 0.3) is 0 Å². The van der Waals surface area contributed by atoms with Crippen LogP contribution in [0.3, 0.4) is 0 Å². The van der Waals surface area contributed by atoms with Gasteiger partial charge in [-0.3, -0.25) is 0 Å². The van der Waals surface area contributed by atoms with Gasteiger partial charge in [0.25, 0.3) is 0 Å². The second-order valence-corrected chi connectivity index (χ2v) is 4.69. The molecule has 1 aromatic heterocycles. The van der Waals surface area contributed by atoms with Crippen molar-refractivity contribution in [1.82, 2.24) is 9.97 Å². The molecule has 88 valence electrons. The first-order valence-electron chi connectivity index (χ1n) is 5.19. The SMILES string of the molecule is Cc1ccc(C)c(Nc2nc(N)cc(Br)n2)c1. The first-order valence-corrected chi connectivity index (χ1v) is 5.98. The summed E-state index contributed by atoms with van der Waals surface area (Å²) in [5.74, 6) is 0.922. The molecule has 0 aliphatic rings. The molecule has 0 bridgehead atoms. The minimum absolute atomic E-state index is 0.430. The van der Waals surface area contributed by atoms with Crippen LogP contribution in [-0.2, 0) is 0 Å². The molecule has 0 amide bonds. The number of anilines is 3. The maximum atomic E-state index is 5.66. The summed E-state index contributed by atoms with van der Waals surface area (Å²) < 4.78 is 0.665. The van der Waals surface area contributed by atoms with Crippen LogP contribution in [0.1, 0.15) is 11.1 Å². The van der Waals surface area contributed by atoms with Crippen LogP contribution in [0.4, 0.5) is 17.5 Å². The summed E-state index contributed by atoms with van der Waals surface area (Å²) in [7, 11) is 0. The van der Waals surface area contributed by atoms with Gasteiger partial charge in [-0.15, -0.1) is 0 Å². The van der Waals surface area contributed by atoms with Gasteiger partial charge in [0.2, 0.25) is 5.95 Å². The quantitative estimate of drug-likeness (QED) is 0.835. The molecular formula is C12H13BrN4. The van der Waals surface area contributed by atoms with E-state index in [1.54, 1.807) is 6.07 Å². The number of hydrogen-bond donors (Lipinski definition) is 2. The van der Waals surface area contributed by atoms with Crippen molar-refractivity contribution >= 4 is 33.4 Å². The van der Waals surface area contributed by atoms with Crippen molar-refractivity contribution in [1.29, 1.82) is 0 Å². The number of aryl methyl sites for hydroxylation is 2. The number of halogens is 1. The summed E-state index contributed by atoms with van der Waals surface area (Å²) >= 11 is 3.29. The maximum Gasteiger partial charge on any atom is 0.230 e. The minimum atomic E-state index is 0.430. The second-order valence-electron chi connectivity index (χ2n) is 3.88. The van der Waals surface area contributed by atoms with Crippen molar-refractivity contribution in [3.63, 3.8) is 0 Å². The van der Waals surface area contributed by atoms with E-state index in [4.69, 9.17) is 5.73 Å². The lowest BCUT2D eigenvalue weighted by atomic mass is 10.1. The third kappa shape index (κ3) is 2.94. The molecule has 2 rings (SSSR count). The zero-order valence-corrected chi connectivity index (χ0v) is 11.2. The first-order chi connectivity index (χ1) is 8.04. The highest BCUT2D eigenvalue weighted by molar-refractivity contribution is 9.10. The van der Waals surface area contributed by atoms with E-state index >= 15 is 0 Å². The Kier molecular flexibility index (Phi) is 3.28. The van der Waals surface area contributed by atoms with Crippen molar-refractivity contribution in [2.24, 2.45) is 0 Å². The Morgan fingerprint density at radius 1 is 1.18 bits per heavy atom. The molecule has 1 heterocycles. The predicted molar refractivity (Wildman–Crippen MR) is 73.3 cm³/mol. The van der Waals surface area contributed by atoms with Gasteiger partial charge < -0.3 is 11.1 Å². The lowest BCUT2D eigenvalue weighted by Crippen LogP contribution is -2.01. The van der Waals surface area contributed by atoms with Gasteiger partial charge >= 0.3 is 0 Å². The zero-order chi connectivity index (χ0) is 12.4. The molecule has 3 N–H and O–H groups in total. The van der Waals surface area contributed by atoms with Crippen molar-refractivity contribution in [3.05, 3.63) is 40.0 Å². The van der Waals surface area contributed by atoms with Gasteiger partial charge in [0.1, 0.15) is 10.4 Å². The highest BCUT2D eigenvalue weighted by Gasteiger charge is 2.03. The van der Waals surface area contributed by atoms with E-state index in [0.29, 0.717) is 16.4 Å². The van der Waals surface area contributed by atoms with Crippen LogP contribution < -0.4 is 11.1 Å². The fraction of sp³-hybridized carbons (Fsp3) is 0.167. The number of benzene rings is 1. The van der Waals surface area contributed by atoms with Crippen LogP contribution in [0.15, 0.2) is 28.9 Å². The summed E-state index contributed by atoms with van der Waals surface area (Å²) in [6, 6.07) is 7.83. The van der Waals surface area contributed by atoms with Crippen molar-refractivity contribution < 1.29 is 0 Å². The first kappa shape index (κ1) is 11.9. The van der Waals surface area contributed by atoms with Gasteiger partial charge in [0, 0.05) is 11.8 Å². The normalized spacial score (nSPS) is 10.3. The fourth-order valence-electron chi connectivity index (χ4n) is 1.48. The van der Waals surface area contributed by atoms with Gasteiger partial charge in [-0.1, -0.05) is 12.1 Å². The standard InChI is InChI=1S/C12H13BrN4/c1-7-3-4-8(2)9(5-7)15-12-16-10(13)6-11(14)17-12/h3-6H,1-2H3,(H3,14,15,16,17). The number of hydrogen-bond acceptors (Lipinski definition) is 4. The van der Waals surface area contributed by atoms with Crippen LogP contribution in [0.5, 0.6) is 0 Å². The van der Waals surface area contributed by atoms with Crippen molar-refractivity contribution in [3.8, 4) is 0 Å². The number of nitrogens with zero attached hydrogens (tertiary/aromatic N) is 2. The average molecular weight is 293 g/mol. The molecule has 0 unspecified atom stereocenters. The third-order valence-corrected chi connectivity index (χ3v) is 2.76. The van der Waals surface area contributed by atoms with E-state index in [-0.39, 0.29) is 0 Å². The van der Waals surface area contributed by atoms with E-state index in [1.807, 2.05) is 13.8 Å². The second kappa shape index (κ2) is 4.71. The van der Waals surface area contributed by atoms with Gasteiger partial charge in [-0.25, -0.2) is 4.98 Å². The molecule has 1 aromatic carbocycles. The molecule has 0 aliphatic heterocycles. The van der Waals surface area contributed by atoms with Crippen LogP contribution in [0.2, 0.25) is 0 Å². The van der Waals surface area contributed by atoms with E-state index < -0.39 is 0 Å². The Balaban J connectivity index is 2.34. The highest BCUT2D eigenvalue weighted by atomic mass is 79.9. The topological polar surface area (TPSA) is 63.8 Å². The van der Waals surface area contributed by atoms with E-state index in [0.717, 1.165) is 11.3 Å². The number of nitrogen functional groups attached to an aromatic ring is 1. The van der Waals surface area contributed by atoms with Crippen LogP contribution in [0, 0.1) is 13.8 Å². The molecule has 0 radical (unpaired) electrons. The summed E-state index contributed by atoms with van der Waals surface area (Å²) in [5.41, 5.74) is 8.97. The minimum Gasteiger partial charge on any atom is -0.383 e. The molecule has 2 aromatic rings. The Morgan fingerprint density at radius 2 is 1.94 bits per heavy atom. The molecule has 0 saturated carbocycles. The van der Waals surface area contributed by atoms with Gasteiger partial charge in [0.05, 0.1) is 0 Å². The molecule has 0 aliphatic carbocycles. The Labute approximate surface area is 108 Å². The molecule has 0 saturated heterocycles. The summed E-state index contributed by atoms with van der Waals surface area (Å²) in [5, 5.41) is 3.16. The molecule has 5 heteroatoms. The average Bonchev–Trinajstić information content (AvgIpc) is 2.22. The highest BCUT2D eigenvalue weighted by Crippen LogP contribution is 2.21. The Bertz CT molecular complexity index is 534. The number of rotatable bonds is 2. The summed E-state index contributed by atoms with van der Waals surface area (Å²) in [4.78, 5) is 8.34. The smallest absolute Gasteiger partial charge is 0.230 e. The van der Waals surface area contributed by atoms with Crippen molar-refractivity contribution in [2.75, 3.05) is 11.1 Å². The molecule has 17 heavy (non-hydrogen) atoms. The van der Waals surface area contributed by atoms with Crippen molar-refractivity contribution in [2.45, 2.75) is 13.8 Å². The monoisotopic (exact) mass is 292 g/mol. The van der Waals surface area contributed by atoms with E-state index in [1.165, 1.54) is 5.56 Å². The zero-order valence-electron chi connectivity index (χ0n) is 9.66. The Hall–Kier alpha value is -1.62. The van der Waals surface area contributed by atoms with Crippen LogP contribution >= 0.6 is 15.9 Å². The van der Waals surface area contributed by atoms with E-state index in [2.05, 4.69) is 49.4 Å².